The van der Waals surface area contributed by atoms with Gasteiger partial charge in [0.05, 0.1) is 10.9 Å². The van der Waals surface area contributed by atoms with Crippen LogP contribution in [0.5, 0.6) is 0 Å². The molecule has 0 radical (unpaired) electrons. The molecule has 3 N–H and O–H groups in total. The smallest absolute Gasteiger partial charge is 0.251 e. The average Bonchev–Trinajstić information content (AvgIpc) is 2.54. The molecule has 0 spiro atoms. The number of primary sulfonamides is 1. The maximum absolute atomic E-state index is 12.2. The van der Waals surface area contributed by atoms with Gasteiger partial charge in [-0.15, -0.1) is 0 Å². The predicted octanol–water partition coefficient (Wildman–Crippen LogP) is 1.56. The maximum atomic E-state index is 12.2. The highest BCUT2D eigenvalue weighted by Gasteiger charge is 2.13. The van der Waals surface area contributed by atoms with Crippen molar-refractivity contribution >= 4 is 26.7 Å². The second-order valence-corrected chi connectivity index (χ2v) is 8.23. The molecule has 2 atom stereocenters. The van der Waals surface area contributed by atoms with Crippen molar-refractivity contribution in [2.45, 2.75) is 22.8 Å². The molecule has 2 aromatic carbocycles. The molecule has 0 heterocycles. The first kappa shape index (κ1) is 18.3. The zero-order valence-electron chi connectivity index (χ0n) is 13.2. The fourth-order valence-corrected chi connectivity index (χ4v) is 3.14. The van der Waals surface area contributed by atoms with Crippen LogP contribution in [0.3, 0.4) is 0 Å². The van der Waals surface area contributed by atoms with E-state index in [0.29, 0.717) is 10.5 Å². The molecule has 0 bridgehead atoms. The van der Waals surface area contributed by atoms with Crippen LogP contribution in [0.15, 0.2) is 58.3 Å². The number of nitrogens with two attached hydrogens (primary N) is 1. The molecule has 2 rings (SSSR count). The van der Waals surface area contributed by atoms with E-state index in [4.69, 9.17) is 5.14 Å². The van der Waals surface area contributed by atoms with Gasteiger partial charge in [-0.05, 0) is 48.9 Å². The lowest BCUT2D eigenvalue weighted by Gasteiger charge is -2.15. The Kier molecular flexibility index (Phi) is 5.53. The molecule has 24 heavy (non-hydrogen) atoms. The minimum absolute atomic E-state index is 0.0212. The molecule has 0 aliphatic rings. The molecule has 0 aromatic heterocycles. The lowest BCUT2D eigenvalue weighted by atomic mass is 10.1. The highest BCUT2D eigenvalue weighted by molar-refractivity contribution is 7.89. The van der Waals surface area contributed by atoms with Gasteiger partial charge >= 0.3 is 0 Å². The van der Waals surface area contributed by atoms with E-state index < -0.39 is 20.8 Å². The van der Waals surface area contributed by atoms with E-state index in [1.807, 2.05) is 0 Å². The molecule has 0 fully saturated rings. The number of amides is 1. The molecular formula is C16H18N2O4S2. The molecule has 8 heteroatoms. The number of hydrogen-bond acceptors (Lipinski definition) is 4. The van der Waals surface area contributed by atoms with Crippen LogP contribution in [0.1, 0.15) is 28.9 Å². The summed E-state index contributed by atoms with van der Waals surface area (Å²) in [5.74, 6) is -0.272. The zero-order chi connectivity index (χ0) is 17.9. The quantitative estimate of drug-likeness (QED) is 0.837. The number of hydrogen-bond donors (Lipinski definition) is 2. The SMILES string of the molecule is CC(NC(=O)c1ccc(S(C)=O)cc1)c1ccc(S(N)(=O)=O)cc1. The minimum Gasteiger partial charge on any atom is -0.346 e. The summed E-state index contributed by atoms with van der Waals surface area (Å²) in [4.78, 5) is 12.9. The molecule has 1 amide bonds. The molecule has 0 aliphatic heterocycles. The van der Waals surface area contributed by atoms with E-state index in [1.165, 1.54) is 12.1 Å². The van der Waals surface area contributed by atoms with Crippen molar-refractivity contribution in [2.75, 3.05) is 6.26 Å². The Morgan fingerprint density at radius 1 is 1.08 bits per heavy atom. The maximum Gasteiger partial charge on any atom is 0.251 e. The molecule has 0 saturated heterocycles. The van der Waals surface area contributed by atoms with Crippen molar-refractivity contribution in [1.29, 1.82) is 0 Å². The third kappa shape index (κ3) is 4.50. The van der Waals surface area contributed by atoms with Crippen LogP contribution in [0.4, 0.5) is 0 Å². The number of sulfonamides is 1. The van der Waals surface area contributed by atoms with Crippen molar-refractivity contribution in [3.63, 3.8) is 0 Å². The van der Waals surface area contributed by atoms with E-state index in [9.17, 15) is 17.4 Å². The number of rotatable bonds is 5. The summed E-state index contributed by atoms with van der Waals surface area (Å²) in [6.45, 7) is 1.79. The number of carbonyl (C=O) groups excluding carboxylic acids is 1. The number of nitrogens with one attached hydrogen (secondary N) is 1. The van der Waals surface area contributed by atoms with Crippen molar-refractivity contribution in [3.8, 4) is 0 Å². The second-order valence-electron chi connectivity index (χ2n) is 5.29. The summed E-state index contributed by atoms with van der Waals surface area (Å²) in [7, 11) is -4.83. The Morgan fingerprint density at radius 3 is 2.08 bits per heavy atom. The van der Waals surface area contributed by atoms with Gasteiger partial charge in [-0.3, -0.25) is 9.00 Å². The van der Waals surface area contributed by atoms with E-state index >= 15 is 0 Å². The fourth-order valence-electron chi connectivity index (χ4n) is 2.11. The molecule has 0 aliphatic carbocycles. The van der Waals surface area contributed by atoms with Crippen LogP contribution in [-0.2, 0) is 20.8 Å². The van der Waals surface area contributed by atoms with Crippen LogP contribution in [-0.4, -0.2) is 24.8 Å². The first-order valence-corrected chi connectivity index (χ1v) is 10.2. The summed E-state index contributed by atoms with van der Waals surface area (Å²) in [6, 6.07) is 12.2. The van der Waals surface area contributed by atoms with Crippen molar-refractivity contribution < 1.29 is 17.4 Å². The van der Waals surface area contributed by atoms with Crippen molar-refractivity contribution in [1.82, 2.24) is 5.32 Å². The van der Waals surface area contributed by atoms with Crippen LogP contribution in [0, 0.1) is 0 Å². The highest BCUT2D eigenvalue weighted by atomic mass is 32.2. The standard InChI is InChI=1S/C16H18N2O4S2/c1-11(12-5-9-15(10-6-12)24(17,21)22)18-16(19)13-3-7-14(8-4-13)23(2)20/h3-11H,1-2H3,(H,18,19)(H2,17,21,22). The summed E-state index contributed by atoms with van der Waals surface area (Å²) in [6.07, 6.45) is 1.57. The Labute approximate surface area is 143 Å². The molecule has 2 unspecified atom stereocenters. The summed E-state index contributed by atoms with van der Waals surface area (Å²) in [5, 5.41) is 7.88. The van der Waals surface area contributed by atoms with E-state index in [1.54, 1.807) is 49.6 Å². The molecule has 0 saturated carbocycles. The highest BCUT2D eigenvalue weighted by Crippen LogP contribution is 2.16. The monoisotopic (exact) mass is 366 g/mol. The third-order valence-electron chi connectivity index (χ3n) is 3.50. The first-order valence-electron chi connectivity index (χ1n) is 7.05. The van der Waals surface area contributed by atoms with Crippen LogP contribution >= 0.6 is 0 Å². The number of benzene rings is 2. The fraction of sp³-hybridized carbons (Fsp3) is 0.188. The van der Waals surface area contributed by atoms with Gasteiger partial charge in [0.2, 0.25) is 10.0 Å². The molecule has 6 nitrogen and oxygen atoms in total. The predicted molar refractivity (Wildman–Crippen MR) is 92.5 cm³/mol. The second kappa shape index (κ2) is 7.25. The number of carbonyl (C=O) groups is 1. The van der Waals surface area contributed by atoms with Gasteiger partial charge in [-0.2, -0.15) is 0 Å². The Balaban J connectivity index is 2.09. The van der Waals surface area contributed by atoms with Gasteiger partial charge < -0.3 is 5.32 Å². The normalized spacial score (nSPS) is 14.0. The van der Waals surface area contributed by atoms with Gasteiger partial charge in [-0.25, -0.2) is 13.6 Å². The minimum atomic E-state index is -3.73. The van der Waals surface area contributed by atoms with Crippen LogP contribution in [0.2, 0.25) is 0 Å². The third-order valence-corrected chi connectivity index (χ3v) is 5.37. The topological polar surface area (TPSA) is 106 Å². The Bertz CT molecular complexity index is 860. The van der Waals surface area contributed by atoms with Gasteiger partial charge in [0.1, 0.15) is 0 Å². The van der Waals surface area contributed by atoms with Crippen LogP contribution < -0.4 is 10.5 Å². The van der Waals surface area contributed by atoms with E-state index in [-0.39, 0.29) is 16.8 Å². The lowest BCUT2D eigenvalue weighted by Crippen LogP contribution is -2.26. The van der Waals surface area contributed by atoms with Crippen LogP contribution in [0.25, 0.3) is 0 Å². The lowest BCUT2D eigenvalue weighted by molar-refractivity contribution is 0.0940. The summed E-state index contributed by atoms with van der Waals surface area (Å²) >= 11 is 0. The summed E-state index contributed by atoms with van der Waals surface area (Å²) < 4.78 is 33.8. The Hall–Kier alpha value is -2.03. The van der Waals surface area contributed by atoms with Crippen molar-refractivity contribution in [2.24, 2.45) is 5.14 Å². The molecule has 2 aromatic rings. The molecule has 128 valence electrons. The summed E-state index contributed by atoms with van der Waals surface area (Å²) in [5.41, 5.74) is 1.21. The van der Waals surface area contributed by atoms with Gasteiger partial charge in [0, 0.05) is 27.5 Å². The zero-order valence-corrected chi connectivity index (χ0v) is 14.9. The van der Waals surface area contributed by atoms with Gasteiger partial charge in [0.25, 0.3) is 5.91 Å². The largest absolute Gasteiger partial charge is 0.346 e. The van der Waals surface area contributed by atoms with Gasteiger partial charge in [-0.1, -0.05) is 12.1 Å². The van der Waals surface area contributed by atoms with E-state index in [0.717, 1.165) is 5.56 Å². The average molecular weight is 366 g/mol. The first-order chi connectivity index (χ1) is 11.2. The van der Waals surface area contributed by atoms with E-state index in [2.05, 4.69) is 5.32 Å². The van der Waals surface area contributed by atoms with Gasteiger partial charge in [0.15, 0.2) is 0 Å². The van der Waals surface area contributed by atoms with Crippen molar-refractivity contribution in [3.05, 3.63) is 59.7 Å². The molecular weight excluding hydrogens is 348 g/mol. The Morgan fingerprint density at radius 2 is 1.62 bits per heavy atom.